The lowest BCUT2D eigenvalue weighted by molar-refractivity contribution is -0.128. The van der Waals surface area contributed by atoms with Crippen molar-refractivity contribution in [1.29, 1.82) is 0 Å². The van der Waals surface area contributed by atoms with E-state index in [4.69, 9.17) is 0 Å². The highest BCUT2D eigenvalue weighted by Crippen LogP contribution is 2.39. The maximum absolute atomic E-state index is 12.1. The Morgan fingerprint density at radius 3 is 2.32 bits per heavy atom. The van der Waals surface area contributed by atoms with E-state index in [9.17, 15) is 4.79 Å². The van der Waals surface area contributed by atoms with Crippen molar-refractivity contribution in [2.45, 2.75) is 11.9 Å². The molecular formula is C16H15NOS. The van der Waals surface area contributed by atoms with E-state index in [1.165, 1.54) is 11.1 Å². The Balaban J connectivity index is 1.83. The zero-order valence-electron chi connectivity index (χ0n) is 10.5. The number of nitrogens with zero attached hydrogens (tertiary/aromatic N) is 1. The minimum Gasteiger partial charge on any atom is -0.322 e. The van der Waals surface area contributed by atoms with E-state index in [0.29, 0.717) is 12.3 Å². The summed E-state index contributed by atoms with van der Waals surface area (Å²) in [4.78, 5) is 14.0. The molecule has 0 aliphatic carbocycles. The second kappa shape index (κ2) is 5.49. The molecule has 2 nitrogen and oxygen atoms in total. The van der Waals surface area contributed by atoms with E-state index in [-0.39, 0.29) is 11.3 Å². The van der Waals surface area contributed by atoms with Crippen LogP contribution in [0.15, 0.2) is 60.7 Å². The van der Waals surface area contributed by atoms with E-state index in [0.717, 1.165) is 0 Å². The van der Waals surface area contributed by atoms with Crippen molar-refractivity contribution in [3.63, 3.8) is 0 Å². The Bertz CT molecular complexity index is 555. The smallest absolute Gasteiger partial charge is 0.234 e. The Labute approximate surface area is 117 Å². The summed E-state index contributed by atoms with van der Waals surface area (Å²) in [5.41, 5.74) is 2.38. The Kier molecular flexibility index (Phi) is 3.56. The van der Waals surface area contributed by atoms with Gasteiger partial charge in [-0.25, -0.2) is 0 Å². The number of hydrogen-bond donors (Lipinski definition) is 0. The van der Waals surface area contributed by atoms with Crippen molar-refractivity contribution in [2.24, 2.45) is 0 Å². The minimum atomic E-state index is 0.147. The van der Waals surface area contributed by atoms with Crippen LogP contribution in [-0.4, -0.2) is 16.6 Å². The molecule has 1 heterocycles. The van der Waals surface area contributed by atoms with Crippen LogP contribution in [0.2, 0.25) is 0 Å². The first-order chi connectivity index (χ1) is 9.34. The third kappa shape index (κ3) is 2.66. The van der Waals surface area contributed by atoms with Gasteiger partial charge in [-0.2, -0.15) is 0 Å². The van der Waals surface area contributed by atoms with Gasteiger partial charge in [0, 0.05) is 6.54 Å². The summed E-state index contributed by atoms with van der Waals surface area (Å²) in [7, 11) is 0. The lowest BCUT2D eigenvalue weighted by Gasteiger charge is -2.24. The third-order valence-electron chi connectivity index (χ3n) is 3.25. The van der Waals surface area contributed by atoms with E-state index < -0.39 is 0 Å². The van der Waals surface area contributed by atoms with Gasteiger partial charge in [-0.1, -0.05) is 60.7 Å². The van der Waals surface area contributed by atoms with Crippen LogP contribution in [0.5, 0.6) is 0 Å². The van der Waals surface area contributed by atoms with Crippen LogP contribution in [-0.2, 0) is 11.3 Å². The van der Waals surface area contributed by atoms with E-state index in [1.54, 1.807) is 11.8 Å². The largest absolute Gasteiger partial charge is 0.322 e. The lowest BCUT2D eigenvalue weighted by Crippen LogP contribution is -2.27. The molecule has 1 amide bonds. The van der Waals surface area contributed by atoms with Gasteiger partial charge in [-0.15, -0.1) is 11.8 Å². The molecule has 0 bridgehead atoms. The first-order valence-corrected chi connectivity index (χ1v) is 7.39. The number of hydrogen-bond acceptors (Lipinski definition) is 2. The van der Waals surface area contributed by atoms with Gasteiger partial charge in [0.25, 0.3) is 0 Å². The summed E-state index contributed by atoms with van der Waals surface area (Å²) in [6.45, 7) is 0.687. The average molecular weight is 269 g/mol. The SMILES string of the molecule is O=C1CS[C@H](c2ccccc2)N1Cc1ccccc1. The monoisotopic (exact) mass is 269 g/mol. The van der Waals surface area contributed by atoms with E-state index in [2.05, 4.69) is 24.3 Å². The molecule has 1 fully saturated rings. The molecule has 1 aliphatic heterocycles. The normalized spacial score (nSPS) is 18.8. The van der Waals surface area contributed by atoms with Gasteiger partial charge in [0.2, 0.25) is 5.91 Å². The number of rotatable bonds is 3. The standard InChI is InChI=1S/C16H15NOS/c18-15-12-19-16(14-9-5-2-6-10-14)17(15)11-13-7-3-1-4-8-13/h1-10,16H,11-12H2/t16-/m1/s1. The van der Waals surface area contributed by atoms with Crippen LogP contribution in [0, 0.1) is 0 Å². The highest BCUT2D eigenvalue weighted by molar-refractivity contribution is 8.00. The van der Waals surface area contributed by atoms with Crippen LogP contribution >= 0.6 is 11.8 Å². The summed E-state index contributed by atoms with van der Waals surface area (Å²) in [5, 5.41) is 0.147. The quantitative estimate of drug-likeness (QED) is 0.850. The number of thioether (sulfide) groups is 1. The zero-order chi connectivity index (χ0) is 13.1. The number of carbonyl (C=O) groups is 1. The molecule has 2 aromatic carbocycles. The second-order valence-corrected chi connectivity index (χ2v) is 5.65. The van der Waals surface area contributed by atoms with Gasteiger partial charge in [-0.05, 0) is 11.1 Å². The van der Waals surface area contributed by atoms with E-state index in [1.807, 2.05) is 41.3 Å². The number of benzene rings is 2. The van der Waals surface area contributed by atoms with Crippen LogP contribution in [0.3, 0.4) is 0 Å². The van der Waals surface area contributed by atoms with Crippen molar-refractivity contribution in [2.75, 3.05) is 5.75 Å². The number of carbonyl (C=O) groups excluding carboxylic acids is 1. The molecule has 2 aromatic rings. The van der Waals surface area contributed by atoms with E-state index >= 15 is 0 Å². The molecular weight excluding hydrogens is 254 g/mol. The molecule has 19 heavy (non-hydrogen) atoms. The maximum Gasteiger partial charge on any atom is 0.234 e. The maximum atomic E-state index is 12.1. The molecule has 3 heteroatoms. The molecule has 0 saturated carbocycles. The van der Waals surface area contributed by atoms with Gasteiger partial charge in [-0.3, -0.25) is 4.79 Å². The van der Waals surface area contributed by atoms with Crippen molar-refractivity contribution in [1.82, 2.24) is 4.90 Å². The summed E-state index contributed by atoms with van der Waals surface area (Å²) in [6, 6.07) is 20.4. The molecule has 96 valence electrons. The van der Waals surface area contributed by atoms with Crippen LogP contribution in [0.1, 0.15) is 16.5 Å². The molecule has 0 spiro atoms. The molecule has 1 saturated heterocycles. The van der Waals surface area contributed by atoms with Gasteiger partial charge in [0.05, 0.1) is 5.75 Å². The Morgan fingerprint density at radius 1 is 1.00 bits per heavy atom. The molecule has 1 atom stereocenters. The first kappa shape index (κ1) is 12.3. The van der Waals surface area contributed by atoms with Gasteiger partial charge in [0.1, 0.15) is 5.37 Å². The predicted molar refractivity (Wildman–Crippen MR) is 78.6 cm³/mol. The van der Waals surface area contributed by atoms with Crippen molar-refractivity contribution in [3.8, 4) is 0 Å². The molecule has 0 unspecified atom stereocenters. The Morgan fingerprint density at radius 2 is 1.63 bits per heavy atom. The molecule has 3 rings (SSSR count). The fourth-order valence-electron chi connectivity index (χ4n) is 2.30. The third-order valence-corrected chi connectivity index (χ3v) is 4.50. The molecule has 1 aliphatic rings. The first-order valence-electron chi connectivity index (χ1n) is 6.34. The topological polar surface area (TPSA) is 20.3 Å². The molecule has 0 N–H and O–H groups in total. The van der Waals surface area contributed by atoms with Crippen molar-refractivity contribution < 1.29 is 4.79 Å². The fourth-order valence-corrected chi connectivity index (χ4v) is 3.49. The predicted octanol–water partition coefficient (Wildman–Crippen LogP) is 3.46. The van der Waals surface area contributed by atoms with Crippen LogP contribution in [0.4, 0.5) is 0 Å². The molecule has 0 radical (unpaired) electrons. The summed E-state index contributed by atoms with van der Waals surface area (Å²) < 4.78 is 0. The van der Waals surface area contributed by atoms with Crippen LogP contribution < -0.4 is 0 Å². The summed E-state index contributed by atoms with van der Waals surface area (Å²) in [6.07, 6.45) is 0. The second-order valence-electron chi connectivity index (χ2n) is 4.58. The van der Waals surface area contributed by atoms with Crippen molar-refractivity contribution >= 4 is 17.7 Å². The average Bonchev–Trinajstić information content (AvgIpc) is 2.82. The summed E-state index contributed by atoms with van der Waals surface area (Å²) in [5.74, 6) is 0.801. The van der Waals surface area contributed by atoms with Gasteiger partial charge in [0.15, 0.2) is 0 Å². The van der Waals surface area contributed by atoms with Gasteiger partial charge >= 0.3 is 0 Å². The summed E-state index contributed by atoms with van der Waals surface area (Å²) >= 11 is 1.71. The molecule has 0 aromatic heterocycles. The van der Waals surface area contributed by atoms with Gasteiger partial charge < -0.3 is 4.90 Å². The Hall–Kier alpha value is -1.74. The number of amides is 1. The van der Waals surface area contributed by atoms with Crippen molar-refractivity contribution in [3.05, 3.63) is 71.8 Å². The zero-order valence-corrected chi connectivity index (χ0v) is 11.3. The minimum absolute atomic E-state index is 0.147. The highest BCUT2D eigenvalue weighted by Gasteiger charge is 2.32. The highest BCUT2D eigenvalue weighted by atomic mass is 32.2. The lowest BCUT2D eigenvalue weighted by atomic mass is 10.1. The van der Waals surface area contributed by atoms with Crippen LogP contribution in [0.25, 0.3) is 0 Å². The fraction of sp³-hybridized carbons (Fsp3) is 0.188.